The molecule has 0 radical (unpaired) electrons. The zero-order chi connectivity index (χ0) is 8.55. The van der Waals surface area contributed by atoms with Crippen LogP contribution in [0.3, 0.4) is 0 Å². The quantitative estimate of drug-likeness (QED) is 0.824. The molecule has 2 N–H and O–H groups in total. The zero-order valence-electron chi connectivity index (χ0n) is 6.83. The molecule has 1 nitrogen and oxygen atoms in total. The van der Waals surface area contributed by atoms with E-state index in [4.69, 9.17) is 5.73 Å². The van der Waals surface area contributed by atoms with Crippen molar-refractivity contribution >= 4 is 22.6 Å². The van der Waals surface area contributed by atoms with Crippen LogP contribution in [-0.2, 0) is 0 Å². The highest BCUT2D eigenvalue weighted by atomic mass is 127. The van der Waals surface area contributed by atoms with Crippen molar-refractivity contribution < 1.29 is 0 Å². The summed E-state index contributed by atoms with van der Waals surface area (Å²) >= 11 is 2.33. The molecule has 1 saturated carbocycles. The first-order chi connectivity index (χ1) is 5.77. The summed E-state index contributed by atoms with van der Waals surface area (Å²) in [5.74, 6) is 0.753. The van der Waals surface area contributed by atoms with Crippen molar-refractivity contribution in [2.45, 2.75) is 18.9 Å². The van der Waals surface area contributed by atoms with Gasteiger partial charge in [0.15, 0.2) is 0 Å². The molecule has 64 valence electrons. The summed E-state index contributed by atoms with van der Waals surface area (Å²) in [4.78, 5) is 0. The summed E-state index contributed by atoms with van der Waals surface area (Å²) in [7, 11) is 0. The van der Waals surface area contributed by atoms with E-state index in [-0.39, 0.29) is 6.04 Å². The van der Waals surface area contributed by atoms with Crippen LogP contribution in [0.1, 0.15) is 24.4 Å². The van der Waals surface area contributed by atoms with Gasteiger partial charge in [-0.2, -0.15) is 0 Å². The summed E-state index contributed by atoms with van der Waals surface area (Å²) in [6.45, 7) is 0. The zero-order valence-corrected chi connectivity index (χ0v) is 8.99. The smallest absolute Gasteiger partial charge is 0.0323 e. The second-order valence-electron chi connectivity index (χ2n) is 3.42. The standard InChI is InChI=1S/C10H12IN/c11-9-3-1-2-8(6-9)10(12)7-4-5-7/h1-3,6-7,10H,4-5,12H2/t10-/m0/s1. The second-order valence-corrected chi connectivity index (χ2v) is 4.66. The molecule has 1 aromatic rings. The first kappa shape index (κ1) is 8.51. The van der Waals surface area contributed by atoms with Crippen molar-refractivity contribution in [3.63, 3.8) is 0 Å². The molecule has 2 rings (SSSR count). The van der Waals surface area contributed by atoms with Crippen LogP contribution in [0.15, 0.2) is 24.3 Å². The molecule has 1 aromatic carbocycles. The first-order valence-corrected chi connectivity index (χ1v) is 5.36. The number of benzene rings is 1. The summed E-state index contributed by atoms with van der Waals surface area (Å²) < 4.78 is 1.28. The van der Waals surface area contributed by atoms with Gasteiger partial charge in [-0.3, -0.25) is 0 Å². The fourth-order valence-corrected chi connectivity index (χ4v) is 2.01. The van der Waals surface area contributed by atoms with E-state index in [0.717, 1.165) is 5.92 Å². The fraction of sp³-hybridized carbons (Fsp3) is 0.400. The van der Waals surface area contributed by atoms with E-state index >= 15 is 0 Å². The summed E-state index contributed by atoms with van der Waals surface area (Å²) in [5.41, 5.74) is 7.36. The third kappa shape index (κ3) is 1.80. The van der Waals surface area contributed by atoms with Gasteiger partial charge in [0.05, 0.1) is 0 Å². The Labute approximate surface area is 86.5 Å². The third-order valence-electron chi connectivity index (χ3n) is 2.36. The van der Waals surface area contributed by atoms with E-state index < -0.39 is 0 Å². The highest BCUT2D eigenvalue weighted by Gasteiger charge is 2.29. The van der Waals surface area contributed by atoms with E-state index in [0.29, 0.717) is 0 Å². The molecule has 0 aromatic heterocycles. The lowest BCUT2D eigenvalue weighted by atomic mass is 10.0. The Morgan fingerprint density at radius 2 is 2.17 bits per heavy atom. The molecule has 1 aliphatic rings. The monoisotopic (exact) mass is 273 g/mol. The number of hydrogen-bond donors (Lipinski definition) is 1. The van der Waals surface area contributed by atoms with Gasteiger partial charge in [-0.1, -0.05) is 12.1 Å². The lowest BCUT2D eigenvalue weighted by molar-refractivity contribution is 0.633. The molecule has 0 saturated heterocycles. The normalized spacial score (nSPS) is 19.2. The minimum absolute atomic E-state index is 0.278. The van der Waals surface area contributed by atoms with E-state index in [2.05, 4.69) is 46.9 Å². The minimum Gasteiger partial charge on any atom is -0.324 e. The van der Waals surface area contributed by atoms with Crippen LogP contribution in [0, 0.1) is 9.49 Å². The Hall–Kier alpha value is -0.0900. The summed E-state index contributed by atoms with van der Waals surface area (Å²) in [5, 5.41) is 0. The molecule has 0 heterocycles. The maximum atomic E-state index is 6.07. The second kappa shape index (κ2) is 3.34. The Bertz CT molecular complexity index is 281. The predicted octanol–water partition coefficient (Wildman–Crippen LogP) is 2.70. The third-order valence-corrected chi connectivity index (χ3v) is 3.03. The molecule has 0 bridgehead atoms. The van der Waals surface area contributed by atoms with Crippen LogP contribution in [0.25, 0.3) is 0 Å². The largest absolute Gasteiger partial charge is 0.324 e. The lowest BCUT2D eigenvalue weighted by Gasteiger charge is -2.10. The van der Waals surface area contributed by atoms with Crippen LogP contribution in [-0.4, -0.2) is 0 Å². The van der Waals surface area contributed by atoms with Crippen LogP contribution >= 0.6 is 22.6 Å². The van der Waals surface area contributed by atoms with Gasteiger partial charge in [0.25, 0.3) is 0 Å². The van der Waals surface area contributed by atoms with Crippen LogP contribution in [0.5, 0.6) is 0 Å². The Kier molecular flexibility index (Phi) is 2.37. The van der Waals surface area contributed by atoms with Crippen LogP contribution in [0.4, 0.5) is 0 Å². The molecule has 1 aliphatic carbocycles. The van der Waals surface area contributed by atoms with E-state index in [9.17, 15) is 0 Å². The average Bonchev–Trinajstić information content (AvgIpc) is 2.85. The fourth-order valence-electron chi connectivity index (χ4n) is 1.44. The van der Waals surface area contributed by atoms with Crippen molar-refractivity contribution in [1.29, 1.82) is 0 Å². The molecule has 12 heavy (non-hydrogen) atoms. The predicted molar refractivity (Wildman–Crippen MR) is 58.8 cm³/mol. The Morgan fingerprint density at radius 1 is 1.42 bits per heavy atom. The lowest BCUT2D eigenvalue weighted by Crippen LogP contribution is -2.12. The van der Waals surface area contributed by atoms with Gasteiger partial charge in [0.2, 0.25) is 0 Å². The average molecular weight is 273 g/mol. The molecule has 0 spiro atoms. The molecule has 0 unspecified atom stereocenters. The van der Waals surface area contributed by atoms with E-state index in [1.807, 2.05) is 0 Å². The maximum absolute atomic E-state index is 6.07. The highest BCUT2D eigenvalue weighted by Crippen LogP contribution is 2.39. The van der Waals surface area contributed by atoms with Gasteiger partial charge < -0.3 is 5.73 Å². The minimum atomic E-state index is 0.278. The van der Waals surface area contributed by atoms with Crippen molar-refractivity contribution in [3.05, 3.63) is 33.4 Å². The first-order valence-electron chi connectivity index (χ1n) is 4.28. The molecular weight excluding hydrogens is 261 g/mol. The van der Waals surface area contributed by atoms with Crippen molar-refractivity contribution in [2.75, 3.05) is 0 Å². The Balaban J connectivity index is 2.20. The van der Waals surface area contributed by atoms with Crippen molar-refractivity contribution in [2.24, 2.45) is 11.7 Å². The van der Waals surface area contributed by atoms with Gasteiger partial charge >= 0.3 is 0 Å². The van der Waals surface area contributed by atoms with Crippen LogP contribution in [0.2, 0.25) is 0 Å². The maximum Gasteiger partial charge on any atom is 0.0323 e. The van der Waals surface area contributed by atoms with E-state index in [1.165, 1.54) is 22.0 Å². The van der Waals surface area contributed by atoms with Gasteiger partial charge in [0, 0.05) is 9.61 Å². The number of rotatable bonds is 2. The summed E-state index contributed by atoms with van der Waals surface area (Å²) in [6.07, 6.45) is 2.62. The number of nitrogens with two attached hydrogens (primary N) is 1. The molecular formula is C10H12IN. The van der Waals surface area contributed by atoms with Crippen molar-refractivity contribution in [3.8, 4) is 0 Å². The van der Waals surface area contributed by atoms with Gasteiger partial charge in [-0.15, -0.1) is 0 Å². The van der Waals surface area contributed by atoms with Crippen LogP contribution < -0.4 is 5.73 Å². The molecule has 2 heteroatoms. The number of halogens is 1. The molecule has 1 fully saturated rings. The molecule has 0 aliphatic heterocycles. The SMILES string of the molecule is N[C@H](c1cccc(I)c1)C1CC1. The van der Waals surface area contributed by atoms with Gasteiger partial charge in [-0.05, 0) is 59.0 Å². The van der Waals surface area contributed by atoms with Crippen molar-refractivity contribution in [1.82, 2.24) is 0 Å². The topological polar surface area (TPSA) is 26.0 Å². The number of hydrogen-bond acceptors (Lipinski definition) is 1. The highest BCUT2D eigenvalue weighted by molar-refractivity contribution is 14.1. The summed E-state index contributed by atoms with van der Waals surface area (Å²) in [6, 6.07) is 8.78. The Morgan fingerprint density at radius 3 is 2.75 bits per heavy atom. The molecule has 1 atom stereocenters. The van der Waals surface area contributed by atoms with Gasteiger partial charge in [0.1, 0.15) is 0 Å². The molecule has 0 amide bonds. The van der Waals surface area contributed by atoms with E-state index in [1.54, 1.807) is 0 Å². The van der Waals surface area contributed by atoms with Gasteiger partial charge in [-0.25, -0.2) is 0 Å².